The highest BCUT2D eigenvalue weighted by molar-refractivity contribution is 5.47. The van der Waals surface area contributed by atoms with Gasteiger partial charge < -0.3 is 20.4 Å². The highest BCUT2D eigenvalue weighted by Crippen LogP contribution is 2.16. The van der Waals surface area contributed by atoms with Crippen LogP contribution in [0.15, 0.2) is 11.1 Å². The predicted octanol–water partition coefficient (Wildman–Crippen LogP) is -0.200. The van der Waals surface area contributed by atoms with Crippen LogP contribution >= 0.6 is 0 Å². The second-order valence-electron chi connectivity index (χ2n) is 3.85. The molecule has 0 aliphatic carbocycles. The van der Waals surface area contributed by atoms with Gasteiger partial charge in [0.1, 0.15) is 0 Å². The average Bonchev–Trinajstić information content (AvgIpc) is 2.79. The Morgan fingerprint density at radius 3 is 3.25 bits per heavy atom. The molecule has 0 aromatic carbocycles. The van der Waals surface area contributed by atoms with E-state index in [0.717, 1.165) is 26.1 Å². The minimum atomic E-state index is -0.260. The summed E-state index contributed by atoms with van der Waals surface area (Å²) < 4.78 is 5.01. The number of ether oxygens (including phenoxy) is 1. The number of hydrogen-bond donors (Lipinski definition) is 3. The SMILES string of the molecule is COc1c(NCC2CCNC2)nc[nH]c1=O. The molecule has 1 aromatic rings. The Morgan fingerprint density at radius 1 is 1.69 bits per heavy atom. The van der Waals surface area contributed by atoms with Gasteiger partial charge in [0.15, 0.2) is 5.82 Å². The van der Waals surface area contributed by atoms with Gasteiger partial charge in [-0.2, -0.15) is 0 Å². The molecule has 1 atom stereocenters. The summed E-state index contributed by atoms with van der Waals surface area (Å²) in [6.45, 7) is 2.88. The number of H-pyrrole nitrogens is 1. The molecule has 0 bridgehead atoms. The monoisotopic (exact) mass is 224 g/mol. The average molecular weight is 224 g/mol. The molecule has 1 aliphatic rings. The maximum Gasteiger partial charge on any atom is 0.295 e. The summed E-state index contributed by atoms with van der Waals surface area (Å²) in [5.41, 5.74) is -0.260. The largest absolute Gasteiger partial charge is 0.489 e. The van der Waals surface area contributed by atoms with Crippen LogP contribution in [0.5, 0.6) is 5.75 Å². The number of rotatable bonds is 4. The van der Waals surface area contributed by atoms with Crippen LogP contribution in [0.1, 0.15) is 6.42 Å². The van der Waals surface area contributed by atoms with E-state index in [4.69, 9.17) is 4.74 Å². The number of aromatic amines is 1. The number of aromatic nitrogens is 2. The first-order valence-corrected chi connectivity index (χ1v) is 5.37. The van der Waals surface area contributed by atoms with E-state index >= 15 is 0 Å². The Kier molecular flexibility index (Phi) is 3.40. The van der Waals surface area contributed by atoms with Crippen molar-refractivity contribution in [3.05, 3.63) is 16.7 Å². The second kappa shape index (κ2) is 4.98. The molecule has 6 heteroatoms. The lowest BCUT2D eigenvalue weighted by atomic mass is 10.1. The van der Waals surface area contributed by atoms with Crippen molar-refractivity contribution in [2.45, 2.75) is 6.42 Å². The molecule has 0 amide bonds. The molecule has 1 saturated heterocycles. The zero-order valence-corrected chi connectivity index (χ0v) is 9.25. The van der Waals surface area contributed by atoms with Crippen molar-refractivity contribution in [3.63, 3.8) is 0 Å². The third-order valence-electron chi connectivity index (χ3n) is 2.74. The molecule has 1 aromatic heterocycles. The van der Waals surface area contributed by atoms with Crippen LogP contribution in [0.4, 0.5) is 5.82 Å². The second-order valence-corrected chi connectivity index (χ2v) is 3.85. The van der Waals surface area contributed by atoms with Gasteiger partial charge in [-0.1, -0.05) is 0 Å². The molecular weight excluding hydrogens is 208 g/mol. The van der Waals surface area contributed by atoms with E-state index in [1.165, 1.54) is 13.4 Å². The molecule has 1 aliphatic heterocycles. The van der Waals surface area contributed by atoms with Crippen molar-refractivity contribution in [1.82, 2.24) is 15.3 Å². The Morgan fingerprint density at radius 2 is 2.56 bits per heavy atom. The first-order chi connectivity index (χ1) is 7.81. The third-order valence-corrected chi connectivity index (χ3v) is 2.74. The van der Waals surface area contributed by atoms with E-state index < -0.39 is 0 Å². The topological polar surface area (TPSA) is 79.0 Å². The van der Waals surface area contributed by atoms with Crippen molar-refractivity contribution in [2.75, 3.05) is 32.1 Å². The van der Waals surface area contributed by atoms with E-state index in [0.29, 0.717) is 11.7 Å². The highest BCUT2D eigenvalue weighted by Gasteiger charge is 2.15. The molecule has 2 rings (SSSR count). The zero-order valence-electron chi connectivity index (χ0n) is 9.25. The summed E-state index contributed by atoms with van der Waals surface area (Å²) in [6, 6.07) is 0. The van der Waals surface area contributed by atoms with Gasteiger partial charge in [0.05, 0.1) is 13.4 Å². The summed E-state index contributed by atoms with van der Waals surface area (Å²) >= 11 is 0. The van der Waals surface area contributed by atoms with Gasteiger partial charge in [0, 0.05) is 6.54 Å². The first kappa shape index (κ1) is 10.9. The fourth-order valence-electron chi connectivity index (χ4n) is 1.83. The normalized spacial score (nSPS) is 19.7. The number of anilines is 1. The molecule has 6 nitrogen and oxygen atoms in total. The molecule has 2 heterocycles. The molecule has 0 saturated carbocycles. The van der Waals surface area contributed by atoms with Gasteiger partial charge in [-0.25, -0.2) is 4.98 Å². The molecule has 3 N–H and O–H groups in total. The summed E-state index contributed by atoms with van der Waals surface area (Å²) in [6.07, 6.45) is 2.53. The molecule has 0 spiro atoms. The van der Waals surface area contributed by atoms with Crippen LogP contribution in [-0.4, -0.2) is 36.7 Å². The fourth-order valence-corrected chi connectivity index (χ4v) is 1.83. The fraction of sp³-hybridized carbons (Fsp3) is 0.600. The Labute approximate surface area is 93.4 Å². The van der Waals surface area contributed by atoms with Gasteiger partial charge in [-0.05, 0) is 25.4 Å². The Balaban J connectivity index is 2.02. The van der Waals surface area contributed by atoms with Crippen LogP contribution in [0.2, 0.25) is 0 Å². The maximum absolute atomic E-state index is 11.4. The lowest BCUT2D eigenvalue weighted by molar-refractivity contribution is 0.407. The Bertz CT molecular complexity index is 398. The summed E-state index contributed by atoms with van der Waals surface area (Å²) in [5.74, 6) is 1.34. The van der Waals surface area contributed by atoms with Gasteiger partial charge in [-0.15, -0.1) is 0 Å². The van der Waals surface area contributed by atoms with E-state index in [1.54, 1.807) is 0 Å². The lowest BCUT2D eigenvalue weighted by Crippen LogP contribution is -2.20. The van der Waals surface area contributed by atoms with Crippen LogP contribution < -0.4 is 20.9 Å². The number of nitrogens with one attached hydrogen (secondary N) is 3. The van der Waals surface area contributed by atoms with Crippen LogP contribution in [0, 0.1) is 5.92 Å². The van der Waals surface area contributed by atoms with Crippen molar-refractivity contribution in [3.8, 4) is 5.75 Å². The quantitative estimate of drug-likeness (QED) is 0.660. The molecule has 0 radical (unpaired) electrons. The zero-order chi connectivity index (χ0) is 11.4. The van der Waals surface area contributed by atoms with Crippen LogP contribution in [0.25, 0.3) is 0 Å². The minimum Gasteiger partial charge on any atom is -0.489 e. The third kappa shape index (κ3) is 2.33. The molecule has 1 unspecified atom stereocenters. The van der Waals surface area contributed by atoms with E-state index in [9.17, 15) is 4.79 Å². The predicted molar refractivity (Wildman–Crippen MR) is 60.9 cm³/mol. The smallest absolute Gasteiger partial charge is 0.295 e. The van der Waals surface area contributed by atoms with Gasteiger partial charge >= 0.3 is 0 Å². The highest BCUT2D eigenvalue weighted by atomic mass is 16.5. The van der Waals surface area contributed by atoms with E-state index in [2.05, 4.69) is 20.6 Å². The standard InChI is InChI=1S/C10H16N4O2/c1-16-8-9(13-6-14-10(8)15)12-5-7-2-3-11-4-7/h6-7,11H,2-5H2,1H3,(H2,12,13,14,15). The molecule has 88 valence electrons. The van der Waals surface area contributed by atoms with E-state index in [-0.39, 0.29) is 11.3 Å². The van der Waals surface area contributed by atoms with Crippen LogP contribution in [0.3, 0.4) is 0 Å². The van der Waals surface area contributed by atoms with Crippen LogP contribution in [-0.2, 0) is 0 Å². The number of hydrogen-bond acceptors (Lipinski definition) is 5. The van der Waals surface area contributed by atoms with E-state index in [1.807, 2.05) is 0 Å². The first-order valence-electron chi connectivity index (χ1n) is 5.37. The van der Waals surface area contributed by atoms with Gasteiger partial charge in [0.2, 0.25) is 5.75 Å². The van der Waals surface area contributed by atoms with Crippen molar-refractivity contribution in [2.24, 2.45) is 5.92 Å². The van der Waals surface area contributed by atoms with Gasteiger partial charge in [0.25, 0.3) is 5.56 Å². The maximum atomic E-state index is 11.4. The Hall–Kier alpha value is -1.56. The summed E-state index contributed by atoms with van der Waals surface area (Å²) in [4.78, 5) is 17.9. The van der Waals surface area contributed by atoms with Gasteiger partial charge in [-0.3, -0.25) is 4.79 Å². The molecule has 16 heavy (non-hydrogen) atoms. The number of methoxy groups -OCH3 is 1. The van der Waals surface area contributed by atoms with Crippen molar-refractivity contribution in [1.29, 1.82) is 0 Å². The van der Waals surface area contributed by atoms with Crippen molar-refractivity contribution >= 4 is 5.82 Å². The molecule has 1 fully saturated rings. The number of nitrogens with zero attached hydrogens (tertiary/aromatic N) is 1. The summed E-state index contributed by atoms with van der Waals surface area (Å²) in [7, 11) is 1.47. The summed E-state index contributed by atoms with van der Waals surface area (Å²) in [5, 5.41) is 6.44. The minimum absolute atomic E-state index is 0.244. The lowest BCUT2D eigenvalue weighted by Gasteiger charge is -2.12. The molecular formula is C10H16N4O2. The van der Waals surface area contributed by atoms with Crippen molar-refractivity contribution < 1.29 is 4.74 Å².